The van der Waals surface area contributed by atoms with Crippen LogP contribution in [0.4, 0.5) is 5.69 Å². The highest BCUT2D eigenvalue weighted by molar-refractivity contribution is 8.18. The van der Waals surface area contributed by atoms with Crippen LogP contribution in [0.25, 0.3) is 6.08 Å². The minimum Gasteiger partial charge on any atom is -0.490 e. The lowest BCUT2D eigenvalue weighted by Crippen LogP contribution is -2.41. The fraction of sp³-hybridized carbons (Fsp3) is 0.471. The number of nitro benzene ring substituents is 1. The average molecular weight is 604 g/mol. The number of allylic oxidation sites excluding steroid dienone is 1. The molecule has 0 N–H and O–H groups in total. The van der Waals surface area contributed by atoms with Crippen molar-refractivity contribution < 1.29 is 19.2 Å². The van der Waals surface area contributed by atoms with Gasteiger partial charge in [-0.3, -0.25) is 24.8 Å². The molecule has 3 fully saturated rings. The van der Waals surface area contributed by atoms with Gasteiger partial charge in [0.25, 0.3) is 11.6 Å². The standard InChI is InChI=1S/C34H41N3O5S/c1-3-11-26-20-25(21-30(41-4-2)32(26)42-23-24-16-18-29(19-17-24)37(39)40)22-31-33(38)36(28-14-9-6-10-15-28)34(43-31)35-27-12-7-5-8-13-27/h3,16-22,27-28H,1,4-15,23H2,2H3. The van der Waals surface area contributed by atoms with Crippen molar-refractivity contribution in [2.75, 3.05) is 6.61 Å². The quantitative estimate of drug-likeness (QED) is 0.111. The topological polar surface area (TPSA) is 94.3 Å². The van der Waals surface area contributed by atoms with Gasteiger partial charge in [0, 0.05) is 23.7 Å². The number of carbonyl (C=O) groups is 1. The maximum atomic E-state index is 13.9. The van der Waals surface area contributed by atoms with Crippen molar-refractivity contribution in [1.29, 1.82) is 0 Å². The summed E-state index contributed by atoms with van der Waals surface area (Å²) >= 11 is 1.51. The molecule has 1 amide bonds. The third-order valence-electron chi connectivity index (χ3n) is 8.29. The highest BCUT2D eigenvalue weighted by Gasteiger charge is 2.39. The number of hydrogen-bond donors (Lipinski definition) is 0. The van der Waals surface area contributed by atoms with Crippen LogP contribution < -0.4 is 9.47 Å². The molecule has 8 nitrogen and oxygen atoms in total. The molecule has 0 spiro atoms. The molecule has 0 unspecified atom stereocenters. The molecular formula is C34H41N3O5S. The lowest BCUT2D eigenvalue weighted by atomic mass is 9.94. The Labute approximate surface area is 258 Å². The molecule has 1 saturated heterocycles. The van der Waals surface area contributed by atoms with E-state index in [1.54, 1.807) is 12.1 Å². The van der Waals surface area contributed by atoms with Gasteiger partial charge >= 0.3 is 0 Å². The largest absolute Gasteiger partial charge is 0.490 e. The summed E-state index contributed by atoms with van der Waals surface area (Å²) in [5.74, 6) is 1.25. The molecule has 1 aliphatic heterocycles. The summed E-state index contributed by atoms with van der Waals surface area (Å²) < 4.78 is 12.3. The van der Waals surface area contributed by atoms with Crippen molar-refractivity contribution >= 4 is 34.6 Å². The zero-order valence-electron chi connectivity index (χ0n) is 25.0. The first kappa shape index (κ1) is 30.9. The van der Waals surface area contributed by atoms with Crippen LogP contribution >= 0.6 is 11.8 Å². The minimum absolute atomic E-state index is 0.0387. The third-order valence-corrected chi connectivity index (χ3v) is 9.29. The molecule has 9 heteroatoms. The summed E-state index contributed by atoms with van der Waals surface area (Å²) in [7, 11) is 0. The van der Waals surface area contributed by atoms with Gasteiger partial charge in [-0.1, -0.05) is 44.6 Å². The van der Waals surface area contributed by atoms with Gasteiger partial charge in [0.1, 0.15) is 6.61 Å². The maximum Gasteiger partial charge on any atom is 0.269 e. The van der Waals surface area contributed by atoms with E-state index in [0.29, 0.717) is 35.5 Å². The minimum atomic E-state index is -0.417. The number of nitrogens with zero attached hydrogens (tertiary/aromatic N) is 3. The molecule has 0 aromatic heterocycles. The molecule has 228 valence electrons. The molecule has 3 aliphatic rings. The number of amidine groups is 1. The highest BCUT2D eigenvalue weighted by atomic mass is 32.2. The average Bonchev–Trinajstić information content (AvgIpc) is 3.31. The van der Waals surface area contributed by atoms with E-state index in [1.807, 2.05) is 36.1 Å². The first-order valence-electron chi connectivity index (χ1n) is 15.5. The molecule has 1 heterocycles. The Balaban J connectivity index is 1.44. The van der Waals surface area contributed by atoms with Crippen molar-refractivity contribution in [2.24, 2.45) is 4.99 Å². The molecule has 5 rings (SSSR count). The summed E-state index contributed by atoms with van der Waals surface area (Å²) in [4.78, 5) is 32.4. The number of non-ortho nitro benzene ring substituents is 1. The number of ether oxygens (including phenoxy) is 2. The lowest BCUT2D eigenvalue weighted by molar-refractivity contribution is -0.384. The van der Waals surface area contributed by atoms with E-state index >= 15 is 0 Å². The Bertz CT molecular complexity index is 1380. The summed E-state index contributed by atoms with van der Waals surface area (Å²) in [5.41, 5.74) is 2.60. The second-order valence-electron chi connectivity index (χ2n) is 11.4. The van der Waals surface area contributed by atoms with Gasteiger partial charge in [-0.15, -0.1) is 6.58 Å². The number of rotatable bonds is 11. The van der Waals surface area contributed by atoms with E-state index in [9.17, 15) is 14.9 Å². The van der Waals surface area contributed by atoms with E-state index < -0.39 is 4.92 Å². The molecular weight excluding hydrogens is 562 g/mol. The first-order chi connectivity index (χ1) is 21.0. The molecule has 2 saturated carbocycles. The zero-order chi connectivity index (χ0) is 30.2. The van der Waals surface area contributed by atoms with E-state index in [-0.39, 0.29) is 24.2 Å². The van der Waals surface area contributed by atoms with E-state index in [1.165, 1.54) is 49.6 Å². The molecule has 2 aromatic carbocycles. The maximum absolute atomic E-state index is 13.9. The second-order valence-corrected chi connectivity index (χ2v) is 12.4. The molecule has 0 atom stereocenters. The molecule has 2 aliphatic carbocycles. The number of amides is 1. The van der Waals surface area contributed by atoms with Crippen LogP contribution in [0.15, 0.2) is 59.0 Å². The Kier molecular flexibility index (Phi) is 10.6. The van der Waals surface area contributed by atoms with E-state index in [4.69, 9.17) is 14.5 Å². The van der Waals surface area contributed by atoms with Crippen LogP contribution in [0.2, 0.25) is 0 Å². The Morgan fingerprint density at radius 2 is 1.74 bits per heavy atom. The summed E-state index contributed by atoms with van der Waals surface area (Å²) in [6, 6.07) is 10.8. The predicted molar refractivity (Wildman–Crippen MR) is 173 cm³/mol. The van der Waals surface area contributed by atoms with Crippen LogP contribution in [-0.2, 0) is 17.8 Å². The Morgan fingerprint density at radius 1 is 1.05 bits per heavy atom. The van der Waals surface area contributed by atoms with Crippen LogP contribution in [0.3, 0.4) is 0 Å². The van der Waals surface area contributed by atoms with Gasteiger partial charge < -0.3 is 9.47 Å². The fourth-order valence-corrected chi connectivity index (χ4v) is 7.23. The molecule has 2 aromatic rings. The van der Waals surface area contributed by atoms with Gasteiger partial charge in [-0.05, 0) is 92.3 Å². The SMILES string of the molecule is C=CCc1cc(C=C2SC(=NC3CCCCC3)N(C3CCCCC3)C2=O)cc(OCC)c1OCc1ccc([N+](=O)[O-])cc1. The van der Waals surface area contributed by atoms with Crippen LogP contribution in [-0.4, -0.2) is 39.6 Å². The number of carbonyl (C=O) groups excluding carboxylic acids is 1. The third kappa shape index (κ3) is 7.68. The first-order valence-corrected chi connectivity index (χ1v) is 16.4. The predicted octanol–water partition coefficient (Wildman–Crippen LogP) is 8.24. The van der Waals surface area contributed by atoms with Gasteiger partial charge in [0.2, 0.25) is 0 Å². The van der Waals surface area contributed by atoms with Gasteiger partial charge in [-0.25, -0.2) is 0 Å². The van der Waals surface area contributed by atoms with Crippen molar-refractivity contribution in [3.05, 3.63) is 80.8 Å². The summed E-state index contributed by atoms with van der Waals surface area (Å²) in [6.07, 6.45) is 15.8. The zero-order valence-corrected chi connectivity index (χ0v) is 25.8. The Morgan fingerprint density at radius 3 is 2.40 bits per heavy atom. The fourth-order valence-electron chi connectivity index (χ4n) is 6.13. The number of nitro groups is 1. The number of thioether (sulfide) groups is 1. The van der Waals surface area contributed by atoms with Crippen molar-refractivity contribution in [2.45, 2.75) is 96.2 Å². The van der Waals surface area contributed by atoms with Crippen molar-refractivity contribution in [3.63, 3.8) is 0 Å². The summed E-state index contributed by atoms with van der Waals surface area (Å²) in [6.45, 7) is 6.53. The smallest absolute Gasteiger partial charge is 0.269 e. The Hall–Kier alpha value is -3.59. The van der Waals surface area contributed by atoms with E-state index in [2.05, 4.69) is 6.58 Å². The monoisotopic (exact) mass is 603 g/mol. The lowest BCUT2D eigenvalue weighted by Gasteiger charge is -2.31. The second kappa shape index (κ2) is 14.7. The van der Waals surface area contributed by atoms with E-state index in [0.717, 1.165) is 60.4 Å². The van der Waals surface area contributed by atoms with Gasteiger partial charge in [-0.2, -0.15) is 0 Å². The number of benzene rings is 2. The summed E-state index contributed by atoms with van der Waals surface area (Å²) in [5, 5.41) is 11.9. The van der Waals surface area contributed by atoms with Crippen LogP contribution in [0.5, 0.6) is 11.5 Å². The molecule has 43 heavy (non-hydrogen) atoms. The highest BCUT2D eigenvalue weighted by Crippen LogP contribution is 2.40. The van der Waals surface area contributed by atoms with Gasteiger partial charge in [0.05, 0.1) is 22.5 Å². The normalized spacial score (nSPS) is 20.1. The molecule has 0 bridgehead atoms. The van der Waals surface area contributed by atoms with Crippen molar-refractivity contribution in [3.8, 4) is 11.5 Å². The van der Waals surface area contributed by atoms with Crippen LogP contribution in [0.1, 0.15) is 87.8 Å². The van der Waals surface area contributed by atoms with Crippen LogP contribution in [0, 0.1) is 10.1 Å². The number of hydrogen-bond acceptors (Lipinski definition) is 7. The number of aliphatic imine (C=N–C) groups is 1. The van der Waals surface area contributed by atoms with Gasteiger partial charge in [0.15, 0.2) is 16.7 Å². The molecule has 0 radical (unpaired) electrons. The van der Waals surface area contributed by atoms with Crippen molar-refractivity contribution in [1.82, 2.24) is 4.90 Å².